The molecule has 0 saturated carbocycles. The third-order valence-corrected chi connectivity index (χ3v) is 4.40. The van der Waals surface area contributed by atoms with Crippen LogP contribution in [0.3, 0.4) is 0 Å². The van der Waals surface area contributed by atoms with Crippen LogP contribution in [0, 0.1) is 5.92 Å². The van der Waals surface area contributed by atoms with Crippen LogP contribution in [-0.2, 0) is 4.79 Å². The molecule has 2 heterocycles. The molecule has 1 aliphatic rings. The van der Waals surface area contributed by atoms with Crippen molar-refractivity contribution in [3.8, 4) is 0 Å². The number of carboxylic acids is 1. The third kappa shape index (κ3) is 2.98. The maximum absolute atomic E-state index is 12.8. The molecule has 1 amide bonds. The number of fused-ring (bicyclic) bond motifs is 1. The lowest BCUT2D eigenvalue weighted by atomic mass is 9.93. The zero-order chi connectivity index (χ0) is 15.5. The van der Waals surface area contributed by atoms with Crippen LogP contribution in [0.15, 0.2) is 30.5 Å². The first kappa shape index (κ1) is 14.6. The van der Waals surface area contributed by atoms with E-state index in [9.17, 15) is 9.59 Å². The largest absolute Gasteiger partial charge is 0.481 e. The Kier molecular flexibility index (Phi) is 4.13. The Labute approximate surface area is 128 Å². The van der Waals surface area contributed by atoms with E-state index in [1.54, 1.807) is 0 Å². The van der Waals surface area contributed by atoms with Crippen molar-refractivity contribution in [3.63, 3.8) is 0 Å². The molecule has 2 aromatic rings. The van der Waals surface area contributed by atoms with E-state index in [2.05, 4.69) is 4.98 Å². The lowest BCUT2D eigenvalue weighted by molar-refractivity contribution is -0.137. The van der Waals surface area contributed by atoms with Crippen molar-refractivity contribution in [3.05, 3.63) is 36.0 Å². The standard InChI is InChI=1S/C17H20N2O3/c20-16(21)7-6-12-3-2-10-19(11-12)17(22)14-4-1-5-15-13(14)8-9-18-15/h1,4-5,8-9,12,18H,2-3,6-7,10-11H2,(H,20,21). The first-order chi connectivity index (χ1) is 10.6. The second-order valence-electron chi connectivity index (χ2n) is 5.94. The number of hydrogen-bond acceptors (Lipinski definition) is 2. The van der Waals surface area contributed by atoms with Gasteiger partial charge in [0.05, 0.1) is 0 Å². The molecule has 0 spiro atoms. The van der Waals surface area contributed by atoms with Crippen molar-refractivity contribution in [2.75, 3.05) is 13.1 Å². The van der Waals surface area contributed by atoms with Gasteiger partial charge in [0.15, 0.2) is 0 Å². The summed E-state index contributed by atoms with van der Waals surface area (Å²) in [6, 6.07) is 7.63. The maximum Gasteiger partial charge on any atom is 0.303 e. The number of nitrogens with one attached hydrogen (secondary N) is 1. The van der Waals surface area contributed by atoms with Gasteiger partial charge in [-0.05, 0) is 43.4 Å². The number of rotatable bonds is 4. The smallest absolute Gasteiger partial charge is 0.303 e. The molecule has 0 aliphatic carbocycles. The summed E-state index contributed by atoms with van der Waals surface area (Å²) in [5.74, 6) is -0.426. The van der Waals surface area contributed by atoms with Crippen LogP contribution in [0.25, 0.3) is 10.9 Å². The molecule has 5 nitrogen and oxygen atoms in total. The molecular weight excluding hydrogens is 280 g/mol. The molecule has 0 bridgehead atoms. The van der Waals surface area contributed by atoms with E-state index in [4.69, 9.17) is 5.11 Å². The fraction of sp³-hybridized carbons (Fsp3) is 0.412. The van der Waals surface area contributed by atoms with E-state index in [1.165, 1.54) is 0 Å². The Hall–Kier alpha value is -2.30. The Balaban J connectivity index is 1.74. The van der Waals surface area contributed by atoms with E-state index in [0.29, 0.717) is 18.9 Å². The number of hydrogen-bond donors (Lipinski definition) is 2. The minimum absolute atomic E-state index is 0.0465. The zero-order valence-electron chi connectivity index (χ0n) is 12.4. The van der Waals surface area contributed by atoms with E-state index >= 15 is 0 Å². The molecule has 1 aromatic carbocycles. The second kappa shape index (κ2) is 6.22. The summed E-state index contributed by atoms with van der Waals surface area (Å²) in [5.41, 5.74) is 1.68. The van der Waals surface area contributed by atoms with Gasteiger partial charge in [0, 0.05) is 42.2 Å². The van der Waals surface area contributed by atoms with Crippen molar-refractivity contribution in [2.45, 2.75) is 25.7 Å². The highest BCUT2D eigenvalue weighted by atomic mass is 16.4. The van der Waals surface area contributed by atoms with Gasteiger partial charge in [-0.15, -0.1) is 0 Å². The van der Waals surface area contributed by atoms with Crippen LogP contribution in [0.1, 0.15) is 36.0 Å². The molecule has 1 atom stereocenters. The summed E-state index contributed by atoms with van der Waals surface area (Å²) >= 11 is 0. The summed E-state index contributed by atoms with van der Waals surface area (Å²) in [5, 5.41) is 9.75. The minimum Gasteiger partial charge on any atom is -0.481 e. The van der Waals surface area contributed by atoms with Crippen molar-refractivity contribution < 1.29 is 14.7 Å². The monoisotopic (exact) mass is 300 g/mol. The predicted octanol–water partition coefficient (Wildman–Crippen LogP) is 2.88. The van der Waals surface area contributed by atoms with Crippen LogP contribution in [0.2, 0.25) is 0 Å². The van der Waals surface area contributed by atoms with Gasteiger partial charge in [0.2, 0.25) is 0 Å². The molecule has 2 N–H and O–H groups in total. The number of likely N-dealkylation sites (tertiary alicyclic amines) is 1. The van der Waals surface area contributed by atoms with Gasteiger partial charge in [-0.3, -0.25) is 9.59 Å². The summed E-state index contributed by atoms with van der Waals surface area (Å²) in [6.07, 6.45) is 4.62. The lowest BCUT2D eigenvalue weighted by Crippen LogP contribution is -2.40. The Morgan fingerprint density at radius 3 is 3.00 bits per heavy atom. The van der Waals surface area contributed by atoms with E-state index in [0.717, 1.165) is 35.9 Å². The van der Waals surface area contributed by atoms with Gasteiger partial charge in [0.1, 0.15) is 0 Å². The van der Waals surface area contributed by atoms with Gasteiger partial charge in [0.25, 0.3) is 5.91 Å². The molecule has 3 rings (SSSR count). The summed E-state index contributed by atoms with van der Waals surface area (Å²) in [6.45, 7) is 1.41. The Bertz CT molecular complexity index is 692. The van der Waals surface area contributed by atoms with E-state index in [-0.39, 0.29) is 12.3 Å². The van der Waals surface area contributed by atoms with Crippen LogP contribution >= 0.6 is 0 Å². The van der Waals surface area contributed by atoms with Gasteiger partial charge < -0.3 is 15.0 Å². The summed E-state index contributed by atoms with van der Waals surface area (Å²) < 4.78 is 0. The Morgan fingerprint density at radius 2 is 2.18 bits per heavy atom. The second-order valence-corrected chi connectivity index (χ2v) is 5.94. The van der Waals surface area contributed by atoms with Crippen molar-refractivity contribution in [2.24, 2.45) is 5.92 Å². The maximum atomic E-state index is 12.8. The van der Waals surface area contributed by atoms with Crippen LogP contribution < -0.4 is 0 Å². The summed E-state index contributed by atoms with van der Waals surface area (Å²) in [7, 11) is 0. The summed E-state index contributed by atoms with van der Waals surface area (Å²) in [4.78, 5) is 28.5. The fourth-order valence-electron chi connectivity index (χ4n) is 3.25. The van der Waals surface area contributed by atoms with Crippen LogP contribution in [-0.4, -0.2) is 40.0 Å². The van der Waals surface area contributed by atoms with Crippen molar-refractivity contribution in [1.29, 1.82) is 0 Å². The topological polar surface area (TPSA) is 73.4 Å². The van der Waals surface area contributed by atoms with Gasteiger partial charge in [-0.25, -0.2) is 0 Å². The molecule has 0 radical (unpaired) electrons. The number of H-pyrrole nitrogens is 1. The average Bonchev–Trinajstić information content (AvgIpc) is 3.01. The quantitative estimate of drug-likeness (QED) is 0.912. The first-order valence-electron chi connectivity index (χ1n) is 7.72. The van der Waals surface area contributed by atoms with Gasteiger partial charge in [-0.1, -0.05) is 6.07 Å². The number of nitrogens with zero attached hydrogens (tertiary/aromatic N) is 1. The number of amides is 1. The van der Waals surface area contributed by atoms with Crippen LogP contribution in [0.4, 0.5) is 0 Å². The lowest BCUT2D eigenvalue weighted by Gasteiger charge is -2.32. The van der Waals surface area contributed by atoms with Gasteiger partial charge in [-0.2, -0.15) is 0 Å². The van der Waals surface area contributed by atoms with Crippen molar-refractivity contribution >= 4 is 22.8 Å². The number of carbonyl (C=O) groups excluding carboxylic acids is 1. The normalized spacial score (nSPS) is 18.5. The predicted molar refractivity (Wildman–Crippen MR) is 83.8 cm³/mol. The fourth-order valence-corrected chi connectivity index (χ4v) is 3.25. The number of benzene rings is 1. The van der Waals surface area contributed by atoms with E-state index < -0.39 is 5.97 Å². The zero-order valence-corrected chi connectivity index (χ0v) is 12.4. The van der Waals surface area contributed by atoms with Crippen molar-refractivity contribution in [1.82, 2.24) is 9.88 Å². The molecule has 1 aliphatic heterocycles. The number of carboxylic acid groups (broad SMARTS) is 1. The molecular formula is C17H20N2O3. The third-order valence-electron chi connectivity index (χ3n) is 4.40. The molecule has 5 heteroatoms. The molecule has 1 saturated heterocycles. The highest BCUT2D eigenvalue weighted by Crippen LogP contribution is 2.25. The Morgan fingerprint density at radius 1 is 1.32 bits per heavy atom. The van der Waals surface area contributed by atoms with Gasteiger partial charge >= 0.3 is 5.97 Å². The number of piperidine rings is 1. The number of aromatic nitrogens is 1. The molecule has 116 valence electrons. The number of carbonyl (C=O) groups is 2. The highest BCUT2D eigenvalue weighted by molar-refractivity contribution is 6.06. The van der Waals surface area contributed by atoms with Crippen LogP contribution in [0.5, 0.6) is 0 Å². The molecule has 1 unspecified atom stereocenters. The van der Waals surface area contributed by atoms with E-state index in [1.807, 2.05) is 35.4 Å². The molecule has 1 aromatic heterocycles. The SMILES string of the molecule is O=C(O)CCC1CCCN(C(=O)c2cccc3[nH]ccc23)C1. The minimum atomic E-state index is -0.763. The number of aliphatic carboxylic acids is 1. The average molecular weight is 300 g/mol. The first-order valence-corrected chi connectivity index (χ1v) is 7.72. The molecule has 22 heavy (non-hydrogen) atoms. The number of aromatic amines is 1. The highest BCUT2D eigenvalue weighted by Gasteiger charge is 2.25. The molecule has 1 fully saturated rings.